The zero-order valence-corrected chi connectivity index (χ0v) is 16.9. The highest BCUT2D eigenvalue weighted by molar-refractivity contribution is 7.15. The summed E-state index contributed by atoms with van der Waals surface area (Å²) >= 11 is 7.59. The molecule has 4 unspecified atom stereocenters. The molecule has 4 atom stereocenters. The number of amides is 2. The lowest BCUT2D eigenvalue weighted by Gasteiger charge is -2.25. The monoisotopic (exact) mass is 403 g/mol. The van der Waals surface area contributed by atoms with Gasteiger partial charge >= 0.3 is 0 Å². The van der Waals surface area contributed by atoms with Gasteiger partial charge in [0.25, 0.3) is 5.91 Å². The number of likely N-dealkylation sites (tertiary alicyclic amines) is 1. The summed E-state index contributed by atoms with van der Waals surface area (Å²) in [6.07, 6.45) is 1.98. The fourth-order valence-corrected chi connectivity index (χ4v) is 5.84. The maximum atomic E-state index is 13.4. The molecule has 27 heavy (non-hydrogen) atoms. The number of carbonyl (C=O) groups is 2. The van der Waals surface area contributed by atoms with Crippen LogP contribution in [0.5, 0.6) is 0 Å². The van der Waals surface area contributed by atoms with Crippen LogP contribution in [0.4, 0.5) is 0 Å². The van der Waals surface area contributed by atoms with Crippen LogP contribution >= 0.6 is 22.9 Å². The van der Waals surface area contributed by atoms with Gasteiger partial charge in [-0.25, -0.2) is 4.98 Å². The van der Waals surface area contributed by atoms with E-state index in [9.17, 15) is 9.59 Å². The average molecular weight is 404 g/mol. The number of nitrogens with two attached hydrogens (primary N) is 1. The lowest BCUT2D eigenvalue weighted by Crippen LogP contribution is -2.46. The molecular formula is C20H22ClN3O2S. The number of fused-ring (bicyclic) bond motifs is 1. The molecule has 2 N–H and O–H groups in total. The minimum Gasteiger partial charge on any atom is -0.368 e. The molecule has 2 amide bonds. The van der Waals surface area contributed by atoms with E-state index >= 15 is 0 Å². The van der Waals surface area contributed by atoms with Crippen LogP contribution in [-0.2, 0) is 4.79 Å². The van der Waals surface area contributed by atoms with Crippen molar-refractivity contribution in [3.8, 4) is 10.4 Å². The summed E-state index contributed by atoms with van der Waals surface area (Å²) in [6.45, 7) is 4.65. The Labute approximate surface area is 167 Å². The Morgan fingerprint density at radius 1 is 1.33 bits per heavy atom. The zero-order valence-electron chi connectivity index (χ0n) is 15.3. The van der Waals surface area contributed by atoms with Crippen molar-refractivity contribution in [2.45, 2.75) is 32.7 Å². The Morgan fingerprint density at radius 3 is 2.81 bits per heavy atom. The molecule has 1 aromatic carbocycles. The SMILES string of the molecule is Cc1nc(C(=O)N2CC3CC(C)CC3C2C(N)=O)c(-c2cccc(Cl)c2)s1. The maximum Gasteiger partial charge on any atom is 0.274 e. The van der Waals surface area contributed by atoms with Gasteiger partial charge in [-0.05, 0) is 55.2 Å². The first kappa shape index (κ1) is 18.4. The van der Waals surface area contributed by atoms with Gasteiger partial charge in [-0.2, -0.15) is 0 Å². The second-order valence-corrected chi connectivity index (χ2v) is 9.37. The highest BCUT2D eigenvalue weighted by atomic mass is 35.5. The highest BCUT2D eigenvalue weighted by Crippen LogP contribution is 2.46. The molecule has 1 aliphatic heterocycles. The summed E-state index contributed by atoms with van der Waals surface area (Å²) in [7, 11) is 0. The third-order valence-corrected chi connectivity index (χ3v) is 6.99. The van der Waals surface area contributed by atoms with Crippen LogP contribution in [0, 0.1) is 24.7 Å². The van der Waals surface area contributed by atoms with Crippen LogP contribution in [-0.4, -0.2) is 34.3 Å². The molecule has 2 aliphatic rings. The summed E-state index contributed by atoms with van der Waals surface area (Å²) in [5.74, 6) is 0.454. The molecule has 1 saturated heterocycles. The van der Waals surface area contributed by atoms with Crippen molar-refractivity contribution in [3.05, 3.63) is 40.0 Å². The topological polar surface area (TPSA) is 76.3 Å². The van der Waals surface area contributed by atoms with Gasteiger partial charge in [0.1, 0.15) is 11.7 Å². The van der Waals surface area contributed by atoms with Crippen LogP contribution in [0.15, 0.2) is 24.3 Å². The molecule has 5 nitrogen and oxygen atoms in total. The predicted octanol–water partition coefficient (Wildman–Crippen LogP) is 3.74. The predicted molar refractivity (Wildman–Crippen MR) is 107 cm³/mol. The summed E-state index contributed by atoms with van der Waals surface area (Å²) in [4.78, 5) is 32.5. The third kappa shape index (κ3) is 3.25. The zero-order chi connectivity index (χ0) is 19.3. The van der Waals surface area contributed by atoms with Crippen molar-refractivity contribution in [1.82, 2.24) is 9.88 Å². The Balaban J connectivity index is 1.70. The number of hydrogen-bond acceptors (Lipinski definition) is 4. The van der Waals surface area contributed by atoms with Gasteiger partial charge in [0.2, 0.25) is 5.91 Å². The number of primary amides is 1. The van der Waals surface area contributed by atoms with E-state index in [2.05, 4.69) is 11.9 Å². The normalized spacial score (nSPS) is 27.0. The van der Waals surface area contributed by atoms with Crippen LogP contribution in [0.2, 0.25) is 5.02 Å². The Kier molecular flexibility index (Phi) is 4.72. The van der Waals surface area contributed by atoms with Gasteiger partial charge in [0, 0.05) is 11.6 Å². The highest BCUT2D eigenvalue weighted by Gasteiger charge is 2.51. The van der Waals surface area contributed by atoms with E-state index in [1.165, 1.54) is 11.3 Å². The van der Waals surface area contributed by atoms with Gasteiger partial charge < -0.3 is 10.6 Å². The van der Waals surface area contributed by atoms with E-state index in [1.54, 1.807) is 11.0 Å². The second-order valence-electron chi connectivity index (χ2n) is 7.73. The molecule has 1 aromatic heterocycles. The van der Waals surface area contributed by atoms with Crippen molar-refractivity contribution in [2.24, 2.45) is 23.5 Å². The summed E-state index contributed by atoms with van der Waals surface area (Å²) in [5, 5.41) is 1.41. The van der Waals surface area contributed by atoms with Gasteiger partial charge in [-0.1, -0.05) is 30.7 Å². The number of thiazole rings is 1. The number of halogens is 1. The average Bonchev–Trinajstić information content (AvgIpc) is 3.25. The van der Waals surface area contributed by atoms with E-state index in [0.29, 0.717) is 29.1 Å². The molecule has 142 valence electrons. The summed E-state index contributed by atoms with van der Waals surface area (Å²) < 4.78 is 0. The fourth-order valence-electron chi connectivity index (χ4n) is 4.75. The molecule has 7 heteroatoms. The van der Waals surface area contributed by atoms with Crippen molar-refractivity contribution in [3.63, 3.8) is 0 Å². The molecule has 1 aliphatic carbocycles. The number of nitrogens with zero attached hydrogens (tertiary/aromatic N) is 2. The van der Waals surface area contributed by atoms with Crippen molar-refractivity contribution < 1.29 is 9.59 Å². The smallest absolute Gasteiger partial charge is 0.274 e. The molecule has 0 bridgehead atoms. The van der Waals surface area contributed by atoms with Crippen LogP contribution < -0.4 is 5.73 Å². The van der Waals surface area contributed by atoms with Crippen molar-refractivity contribution in [1.29, 1.82) is 0 Å². The molecule has 4 rings (SSSR count). The lowest BCUT2D eigenvalue weighted by molar-refractivity contribution is -0.122. The second kappa shape index (κ2) is 6.91. The Hall–Kier alpha value is -1.92. The molecule has 0 radical (unpaired) electrons. The number of aryl methyl sites for hydroxylation is 1. The van der Waals surface area contributed by atoms with E-state index in [-0.39, 0.29) is 11.8 Å². The first-order chi connectivity index (χ1) is 12.8. The molecule has 2 fully saturated rings. The lowest BCUT2D eigenvalue weighted by atomic mass is 9.93. The van der Waals surface area contributed by atoms with E-state index in [4.69, 9.17) is 17.3 Å². The van der Waals surface area contributed by atoms with E-state index in [0.717, 1.165) is 28.3 Å². The minimum absolute atomic E-state index is 0.163. The van der Waals surface area contributed by atoms with Crippen molar-refractivity contribution in [2.75, 3.05) is 6.54 Å². The fraction of sp³-hybridized carbons (Fsp3) is 0.450. The third-order valence-electron chi connectivity index (χ3n) is 5.73. The molecular weight excluding hydrogens is 382 g/mol. The number of carbonyl (C=O) groups excluding carboxylic acids is 2. The van der Waals surface area contributed by atoms with Crippen LogP contribution in [0.1, 0.15) is 35.3 Å². The number of rotatable bonds is 3. The Bertz CT molecular complexity index is 912. The van der Waals surface area contributed by atoms with E-state index < -0.39 is 11.9 Å². The number of aromatic nitrogens is 1. The molecule has 0 spiro atoms. The van der Waals surface area contributed by atoms with Gasteiger partial charge in [0.15, 0.2) is 0 Å². The van der Waals surface area contributed by atoms with Crippen LogP contribution in [0.25, 0.3) is 10.4 Å². The number of hydrogen-bond donors (Lipinski definition) is 1. The molecule has 1 saturated carbocycles. The molecule has 2 aromatic rings. The van der Waals surface area contributed by atoms with Gasteiger partial charge in [-0.3, -0.25) is 9.59 Å². The Morgan fingerprint density at radius 2 is 2.11 bits per heavy atom. The first-order valence-electron chi connectivity index (χ1n) is 9.18. The van der Waals surface area contributed by atoms with E-state index in [1.807, 2.05) is 25.1 Å². The maximum absolute atomic E-state index is 13.4. The summed E-state index contributed by atoms with van der Waals surface area (Å²) in [6, 6.07) is 6.86. The minimum atomic E-state index is -0.540. The molecule has 2 heterocycles. The standard InChI is InChI=1S/C20H22ClN3O2S/c1-10-6-13-9-24(17(19(22)25)15(13)7-10)20(26)16-18(27-11(2)23-16)12-4-3-5-14(21)8-12/h3-5,8,10,13,15,17H,6-7,9H2,1-2H3,(H2,22,25). The quantitative estimate of drug-likeness (QED) is 0.847. The first-order valence-corrected chi connectivity index (χ1v) is 10.4. The van der Waals surface area contributed by atoms with Gasteiger partial charge in [-0.15, -0.1) is 11.3 Å². The van der Waals surface area contributed by atoms with Gasteiger partial charge in [0.05, 0.1) is 9.88 Å². The number of benzene rings is 1. The van der Waals surface area contributed by atoms with Crippen LogP contribution in [0.3, 0.4) is 0 Å². The largest absolute Gasteiger partial charge is 0.368 e. The summed E-state index contributed by atoms with van der Waals surface area (Å²) in [5.41, 5.74) is 6.96. The van der Waals surface area contributed by atoms with Crippen molar-refractivity contribution >= 4 is 34.8 Å².